The lowest BCUT2D eigenvalue weighted by Gasteiger charge is -2.14. The predicted octanol–water partition coefficient (Wildman–Crippen LogP) is 2.32. The molecule has 1 aromatic carbocycles. The Morgan fingerprint density at radius 2 is 1.81 bits per heavy atom. The zero-order valence-electron chi connectivity index (χ0n) is 15.1. The topological polar surface area (TPSA) is 93.1 Å². The first kappa shape index (κ1) is 18.1. The Morgan fingerprint density at radius 3 is 2.46 bits per heavy atom. The average Bonchev–Trinajstić information content (AvgIpc) is 3.13. The second-order valence-electron chi connectivity index (χ2n) is 7.09. The van der Waals surface area contributed by atoms with E-state index in [0.29, 0.717) is 23.1 Å². The monoisotopic (exact) mass is 356 g/mol. The van der Waals surface area contributed by atoms with Gasteiger partial charge in [0.05, 0.1) is 11.4 Å². The predicted molar refractivity (Wildman–Crippen MR) is 98.6 cm³/mol. The summed E-state index contributed by atoms with van der Waals surface area (Å²) in [7, 11) is 0. The van der Waals surface area contributed by atoms with Gasteiger partial charge in [-0.25, -0.2) is 4.68 Å². The molecule has 1 fully saturated rings. The molecule has 7 heteroatoms. The summed E-state index contributed by atoms with van der Waals surface area (Å²) in [5.41, 5.74) is 4.79. The van der Waals surface area contributed by atoms with E-state index in [2.05, 4.69) is 16.0 Å². The fourth-order valence-electron chi connectivity index (χ4n) is 3.44. The highest BCUT2D eigenvalue weighted by Crippen LogP contribution is 2.27. The van der Waals surface area contributed by atoms with E-state index in [0.717, 1.165) is 25.7 Å². The number of nitrogens with zero attached hydrogens (tertiary/aromatic N) is 2. The van der Waals surface area contributed by atoms with Crippen LogP contribution in [0.15, 0.2) is 29.1 Å². The van der Waals surface area contributed by atoms with Crippen LogP contribution < -0.4 is 16.4 Å². The smallest absolute Gasteiger partial charge is 0.273 e. The minimum absolute atomic E-state index is 0.120. The maximum absolute atomic E-state index is 12.6. The van der Waals surface area contributed by atoms with Crippen molar-refractivity contribution in [2.24, 2.45) is 5.92 Å². The molecule has 1 aliphatic carbocycles. The molecule has 0 radical (unpaired) electrons. The molecule has 1 heterocycles. The SMILES string of the molecule is CC(C)n1nc(C(=O)NNC(=O)CC2CCCC2)c2ccccc2c1=O. The number of rotatable bonds is 4. The van der Waals surface area contributed by atoms with E-state index in [1.54, 1.807) is 24.3 Å². The standard InChI is InChI=1S/C19H24N4O3/c1-12(2)23-19(26)15-10-6-5-9-14(15)17(22-23)18(25)21-20-16(24)11-13-7-3-4-8-13/h5-6,9-10,12-13H,3-4,7-8,11H2,1-2H3,(H,20,24)(H,21,25). The molecule has 2 aromatic rings. The van der Waals surface area contributed by atoms with Gasteiger partial charge in [0.25, 0.3) is 11.5 Å². The summed E-state index contributed by atoms with van der Waals surface area (Å²) >= 11 is 0. The van der Waals surface area contributed by atoms with Gasteiger partial charge in [0, 0.05) is 11.8 Å². The summed E-state index contributed by atoms with van der Waals surface area (Å²) in [5.74, 6) is -0.337. The first-order valence-electron chi connectivity index (χ1n) is 9.08. The van der Waals surface area contributed by atoms with Gasteiger partial charge in [-0.3, -0.25) is 25.2 Å². The van der Waals surface area contributed by atoms with Crippen LogP contribution in [-0.4, -0.2) is 21.6 Å². The van der Waals surface area contributed by atoms with Crippen molar-refractivity contribution in [3.05, 3.63) is 40.3 Å². The number of carbonyl (C=O) groups excluding carboxylic acids is 2. The van der Waals surface area contributed by atoms with Gasteiger partial charge < -0.3 is 0 Å². The Morgan fingerprint density at radius 1 is 1.15 bits per heavy atom. The van der Waals surface area contributed by atoms with E-state index in [9.17, 15) is 14.4 Å². The summed E-state index contributed by atoms with van der Waals surface area (Å²) in [6, 6.07) is 6.67. The van der Waals surface area contributed by atoms with Crippen LogP contribution in [0.25, 0.3) is 10.8 Å². The molecule has 7 nitrogen and oxygen atoms in total. The van der Waals surface area contributed by atoms with Crippen molar-refractivity contribution in [1.82, 2.24) is 20.6 Å². The van der Waals surface area contributed by atoms with Gasteiger partial charge in [0.15, 0.2) is 5.69 Å². The Balaban J connectivity index is 1.80. The molecule has 0 aliphatic heterocycles. The van der Waals surface area contributed by atoms with Crippen LogP contribution in [0, 0.1) is 5.92 Å². The fourth-order valence-corrected chi connectivity index (χ4v) is 3.44. The number of hydrazine groups is 1. The third kappa shape index (κ3) is 3.76. The van der Waals surface area contributed by atoms with Gasteiger partial charge in [-0.2, -0.15) is 5.10 Å². The molecule has 0 atom stereocenters. The third-order valence-corrected chi connectivity index (χ3v) is 4.80. The van der Waals surface area contributed by atoms with Crippen LogP contribution in [-0.2, 0) is 4.79 Å². The van der Waals surface area contributed by atoms with Crippen LogP contribution in [0.5, 0.6) is 0 Å². The highest BCUT2D eigenvalue weighted by molar-refractivity contribution is 6.05. The number of benzene rings is 1. The molecule has 2 N–H and O–H groups in total. The maximum atomic E-state index is 12.6. The molecule has 1 saturated carbocycles. The van der Waals surface area contributed by atoms with Crippen molar-refractivity contribution in [3.8, 4) is 0 Å². The van der Waals surface area contributed by atoms with E-state index in [-0.39, 0.29) is 23.2 Å². The molecular formula is C19H24N4O3. The molecule has 0 bridgehead atoms. The Labute approximate surface area is 151 Å². The van der Waals surface area contributed by atoms with Gasteiger partial charge in [0.1, 0.15) is 0 Å². The highest BCUT2D eigenvalue weighted by atomic mass is 16.2. The Bertz CT molecular complexity index is 882. The van der Waals surface area contributed by atoms with Gasteiger partial charge in [-0.1, -0.05) is 31.0 Å². The number of carbonyl (C=O) groups is 2. The molecule has 3 rings (SSSR count). The number of amides is 2. The van der Waals surface area contributed by atoms with Crippen LogP contribution in [0.3, 0.4) is 0 Å². The largest absolute Gasteiger partial charge is 0.290 e. The molecule has 0 saturated heterocycles. The number of fused-ring (bicyclic) bond motifs is 1. The van der Waals surface area contributed by atoms with Crippen LogP contribution in [0.4, 0.5) is 0 Å². The molecule has 0 unspecified atom stereocenters. The zero-order valence-corrected chi connectivity index (χ0v) is 15.1. The van der Waals surface area contributed by atoms with Crippen molar-refractivity contribution in [2.45, 2.75) is 52.0 Å². The second-order valence-corrected chi connectivity index (χ2v) is 7.09. The van der Waals surface area contributed by atoms with Gasteiger partial charge in [-0.05, 0) is 38.7 Å². The number of hydrogen-bond acceptors (Lipinski definition) is 4. The lowest BCUT2D eigenvalue weighted by Crippen LogP contribution is -2.43. The molecule has 2 amide bonds. The van der Waals surface area contributed by atoms with E-state index in [1.165, 1.54) is 4.68 Å². The molecule has 1 aromatic heterocycles. The molecule has 26 heavy (non-hydrogen) atoms. The van der Waals surface area contributed by atoms with E-state index in [4.69, 9.17) is 0 Å². The van der Waals surface area contributed by atoms with Crippen molar-refractivity contribution < 1.29 is 9.59 Å². The van der Waals surface area contributed by atoms with Crippen molar-refractivity contribution >= 4 is 22.6 Å². The van der Waals surface area contributed by atoms with E-state index < -0.39 is 5.91 Å². The Hall–Kier alpha value is -2.70. The molecular weight excluding hydrogens is 332 g/mol. The lowest BCUT2D eigenvalue weighted by molar-refractivity contribution is -0.122. The quantitative estimate of drug-likeness (QED) is 0.822. The number of nitrogens with one attached hydrogen (secondary N) is 2. The summed E-state index contributed by atoms with van der Waals surface area (Å²) < 4.78 is 1.29. The Kier molecular flexibility index (Phi) is 5.35. The molecule has 0 spiro atoms. The minimum atomic E-state index is -0.532. The zero-order chi connectivity index (χ0) is 18.7. The lowest BCUT2D eigenvalue weighted by atomic mass is 10.0. The first-order chi connectivity index (χ1) is 12.5. The van der Waals surface area contributed by atoms with Gasteiger partial charge >= 0.3 is 0 Å². The second kappa shape index (κ2) is 7.68. The van der Waals surface area contributed by atoms with Crippen LogP contribution in [0.2, 0.25) is 0 Å². The normalized spacial score (nSPS) is 14.7. The van der Waals surface area contributed by atoms with Crippen LogP contribution in [0.1, 0.15) is 62.5 Å². The van der Waals surface area contributed by atoms with Crippen molar-refractivity contribution in [1.29, 1.82) is 0 Å². The van der Waals surface area contributed by atoms with Crippen molar-refractivity contribution in [3.63, 3.8) is 0 Å². The molecule has 1 aliphatic rings. The van der Waals surface area contributed by atoms with Gasteiger partial charge in [0.2, 0.25) is 5.91 Å². The van der Waals surface area contributed by atoms with E-state index >= 15 is 0 Å². The summed E-state index contributed by atoms with van der Waals surface area (Å²) in [6.07, 6.45) is 4.87. The maximum Gasteiger partial charge on any atom is 0.290 e. The number of aromatic nitrogens is 2. The summed E-state index contributed by atoms with van der Waals surface area (Å²) in [6.45, 7) is 3.66. The van der Waals surface area contributed by atoms with Gasteiger partial charge in [-0.15, -0.1) is 0 Å². The summed E-state index contributed by atoms with van der Waals surface area (Å²) in [5, 5.41) is 5.12. The average molecular weight is 356 g/mol. The molecule has 138 valence electrons. The summed E-state index contributed by atoms with van der Waals surface area (Å²) in [4.78, 5) is 37.1. The third-order valence-electron chi connectivity index (χ3n) is 4.80. The van der Waals surface area contributed by atoms with Crippen molar-refractivity contribution in [2.75, 3.05) is 0 Å². The minimum Gasteiger partial charge on any atom is -0.273 e. The van der Waals surface area contributed by atoms with Crippen LogP contribution >= 0.6 is 0 Å². The fraction of sp³-hybridized carbons (Fsp3) is 0.474. The number of hydrogen-bond donors (Lipinski definition) is 2. The first-order valence-corrected chi connectivity index (χ1v) is 9.08. The van der Waals surface area contributed by atoms with E-state index in [1.807, 2.05) is 13.8 Å². The highest BCUT2D eigenvalue weighted by Gasteiger charge is 2.20.